The van der Waals surface area contributed by atoms with Crippen LogP contribution in [0.1, 0.15) is 12.5 Å². The Morgan fingerprint density at radius 2 is 2.00 bits per heavy atom. The summed E-state index contributed by atoms with van der Waals surface area (Å²) in [5.41, 5.74) is 2.41. The molecule has 1 aliphatic rings. The number of aryl methyl sites for hydroxylation is 1. The Hall–Kier alpha value is -0.860. The van der Waals surface area contributed by atoms with Crippen LogP contribution in [0.2, 0.25) is 0 Å². The van der Waals surface area contributed by atoms with Crippen LogP contribution in [0.5, 0.6) is 0 Å². The Labute approximate surface area is 106 Å². The van der Waals surface area contributed by atoms with Gasteiger partial charge in [0, 0.05) is 19.6 Å². The number of hydrogen-bond acceptors (Lipinski definition) is 2. The molecular formula is C14H14S2. The van der Waals surface area contributed by atoms with Crippen LogP contribution in [-0.4, -0.2) is 0 Å². The quantitative estimate of drug-likeness (QED) is 0.706. The van der Waals surface area contributed by atoms with E-state index in [0.717, 1.165) is 5.57 Å². The van der Waals surface area contributed by atoms with Gasteiger partial charge in [-0.3, -0.25) is 0 Å². The molecule has 0 radical (unpaired) electrons. The molecule has 2 rings (SSSR count). The molecule has 2 heteroatoms. The van der Waals surface area contributed by atoms with Crippen LogP contribution in [0.15, 0.2) is 62.6 Å². The maximum absolute atomic E-state index is 4.03. The van der Waals surface area contributed by atoms with Gasteiger partial charge in [-0.25, -0.2) is 0 Å². The van der Waals surface area contributed by atoms with E-state index >= 15 is 0 Å². The average molecular weight is 246 g/mol. The molecule has 1 aromatic carbocycles. The lowest BCUT2D eigenvalue weighted by atomic mass is 10.2. The van der Waals surface area contributed by atoms with E-state index < -0.39 is 0 Å². The molecule has 0 aliphatic carbocycles. The van der Waals surface area contributed by atoms with Gasteiger partial charge in [-0.05, 0) is 37.1 Å². The van der Waals surface area contributed by atoms with E-state index in [-0.39, 0.29) is 0 Å². The molecule has 0 N–H and O–H groups in total. The third-order valence-electron chi connectivity index (χ3n) is 2.33. The fourth-order valence-corrected chi connectivity index (χ4v) is 3.91. The highest BCUT2D eigenvalue weighted by Gasteiger charge is 2.18. The molecule has 1 aliphatic heterocycles. The summed E-state index contributed by atoms with van der Waals surface area (Å²) in [6.07, 6.45) is 1.92. The lowest BCUT2D eigenvalue weighted by Gasteiger charge is -2.20. The zero-order valence-corrected chi connectivity index (χ0v) is 11.2. The zero-order valence-electron chi connectivity index (χ0n) is 9.54. The van der Waals surface area contributed by atoms with Crippen LogP contribution in [-0.2, 0) is 0 Å². The first-order chi connectivity index (χ1) is 7.61. The van der Waals surface area contributed by atoms with E-state index in [1.807, 2.05) is 13.0 Å². The fraction of sp³-hybridized carbons (Fsp3) is 0.143. The number of benzene rings is 1. The standard InChI is InChI=1S/C14H14S2/c1-5-11-14(9(2)3)16-12-7-6-10(4)8-13(12)15-11/h5-8H,1-2H2,3-4H3. The summed E-state index contributed by atoms with van der Waals surface area (Å²) in [5.74, 6) is 0. The minimum absolute atomic E-state index is 1.11. The van der Waals surface area contributed by atoms with Crippen molar-refractivity contribution < 1.29 is 0 Å². The predicted octanol–water partition coefficient (Wildman–Crippen LogP) is 5.17. The molecule has 0 nitrogen and oxygen atoms in total. The highest BCUT2D eigenvalue weighted by molar-refractivity contribution is 8.09. The average Bonchev–Trinajstić information content (AvgIpc) is 2.26. The second kappa shape index (κ2) is 4.56. The van der Waals surface area contributed by atoms with E-state index in [2.05, 4.69) is 38.3 Å². The Kier molecular flexibility index (Phi) is 3.31. The van der Waals surface area contributed by atoms with E-state index in [4.69, 9.17) is 0 Å². The van der Waals surface area contributed by atoms with Crippen molar-refractivity contribution in [1.29, 1.82) is 0 Å². The van der Waals surface area contributed by atoms with Gasteiger partial charge < -0.3 is 0 Å². The molecule has 0 saturated carbocycles. The van der Waals surface area contributed by atoms with Crippen molar-refractivity contribution >= 4 is 23.5 Å². The van der Waals surface area contributed by atoms with Crippen LogP contribution in [0.4, 0.5) is 0 Å². The first-order valence-corrected chi connectivity index (χ1v) is 6.74. The summed E-state index contributed by atoms with van der Waals surface area (Å²) in [6, 6.07) is 6.57. The van der Waals surface area contributed by atoms with Crippen molar-refractivity contribution in [3.05, 3.63) is 58.4 Å². The van der Waals surface area contributed by atoms with E-state index in [1.165, 1.54) is 25.2 Å². The molecule has 0 amide bonds. The Balaban J connectivity index is 2.47. The molecule has 0 unspecified atom stereocenters. The molecule has 16 heavy (non-hydrogen) atoms. The minimum Gasteiger partial charge on any atom is -0.0979 e. The third-order valence-corrected chi connectivity index (χ3v) is 5.08. The van der Waals surface area contributed by atoms with E-state index in [9.17, 15) is 0 Å². The normalized spacial score (nSPS) is 14.6. The lowest BCUT2D eigenvalue weighted by Crippen LogP contribution is -1.93. The number of fused-ring (bicyclic) bond motifs is 1. The predicted molar refractivity (Wildman–Crippen MR) is 74.9 cm³/mol. The maximum atomic E-state index is 4.03. The molecule has 0 aromatic heterocycles. The van der Waals surface area contributed by atoms with Crippen molar-refractivity contribution in [2.45, 2.75) is 23.6 Å². The molecular weight excluding hydrogens is 232 g/mol. The van der Waals surface area contributed by atoms with Crippen molar-refractivity contribution in [3.8, 4) is 0 Å². The summed E-state index contributed by atoms with van der Waals surface area (Å²) in [7, 11) is 0. The molecule has 0 fully saturated rings. The smallest absolute Gasteiger partial charge is 0.0285 e. The molecule has 0 spiro atoms. The first-order valence-electron chi connectivity index (χ1n) is 5.11. The van der Waals surface area contributed by atoms with E-state index in [0.29, 0.717) is 0 Å². The Morgan fingerprint density at radius 3 is 2.62 bits per heavy atom. The Morgan fingerprint density at radius 1 is 1.25 bits per heavy atom. The number of allylic oxidation sites excluding steroid dienone is 2. The van der Waals surface area contributed by atoms with Crippen molar-refractivity contribution in [2.75, 3.05) is 0 Å². The SMILES string of the molecule is C=CC1=C(C(=C)C)Sc2ccc(C)cc2S1. The molecule has 1 heterocycles. The van der Waals surface area contributed by atoms with Crippen LogP contribution in [0, 0.1) is 6.92 Å². The van der Waals surface area contributed by atoms with Crippen LogP contribution < -0.4 is 0 Å². The summed E-state index contributed by atoms with van der Waals surface area (Å²) >= 11 is 3.58. The summed E-state index contributed by atoms with van der Waals surface area (Å²) in [4.78, 5) is 5.11. The first kappa shape index (κ1) is 11.6. The lowest BCUT2D eigenvalue weighted by molar-refractivity contribution is 1.21. The highest BCUT2D eigenvalue weighted by atomic mass is 32.2. The van der Waals surface area contributed by atoms with Gasteiger partial charge in [0.15, 0.2) is 0 Å². The summed E-state index contributed by atoms with van der Waals surface area (Å²) in [6.45, 7) is 12.1. The maximum Gasteiger partial charge on any atom is 0.0285 e. The molecule has 0 atom stereocenters. The monoisotopic (exact) mass is 246 g/mol. The molecule has 82 valence electrons. The van der Waals surface area contributed by atoms with Crippen LogP contribution in [0.25, 0.3) is 0 Å². The molecule has 0 bridgehead atoms. The van der Waals surface area contributed by atoms with Crippen LogP contribution in [0.3, 0.4) is 0 Å². The van der Waals surface area contributed by atoms with Gasteiger partial charge >= 0.3 is 0 Å². The third kappa shape index (κ3) is 2.13. The fourth-order valence-electron chi connectivity index (χ4n) is 1.54. The molecule has 0 saturated heterocycles. The largest absolute Gasteiger partial charge is 0.0979 e. The van der Waals surface area contributed by atoms with Gasteiger partial charge in [0.2, 0.25) is 0 Å². The number of hydrogen-bond donors (Lipinski definition) is 0. The minimum atomic E-state index is 1.11. The topological polar surface area (TPSA) is 0 Å². The van der Waals surface area contributed by atoms with Gasteiger partial charge in [0.1, 0.15) is 0 Å². The second-order valence-electron chi connectivity index (χ2n) is 3.83. The van der Waals surface area contributed by atoms with Crippen LogP contribution >= 0.6 is 23.5 Å². The van der Waals surface area contributed by atoms with Gasteiger partial charge in [-0.2, -0.15) is 0 Å². The second-order valence-corrected chi connectivity index (χ2v) is 5.97. The zero-order chi connectivity index (χ0) is 11.7. The Bertz CT molecular complexity index is 495. The van der Waals surface area contributed by atoms with Gasteiger partial charge in [-0.15, -0.1) is 0 Å². The number of thioether (sulfide) groups is 2. The van der Waals surface area contributed by atoms with Crippen molar-refractivity contribution in [1.82, 2.24) is 0 Å². The van der Waals surface area contributed by atoms with Crippen molar-refractivity contribution in [2.24, 2.45) is 0 Å². The van der Waals surface area contributed by atoms with Gasteiger partial charge in [-0.1, -0.05) is 48.8 Å². The number of rotatable bonds is 2. The summed E-state index contributed by atoms with van der Waals surface area (Å²) < 4.78 is 0. The highest BCUT2D eigenvalue weighted by Crippen LogP contribution is 2.49. The summed E-state index contributed by atoms with van der Waals surface area (Å²) in [5, 5.41) is 0. The molecule has 1 aromatic rings. The van der Waals surface area contributed by atoms with Crippen molar-refractivity contribution in [3.63, 3.8) is 0 Å². The van der Waals surface area contributed by atoms with Gasteiger partial charge in [0.05, 0.1) is 0 Å². The van der Waals surface area contributed by atoms with Gasteiger partial charge in [0.25, 0.3) is 0 Å². The van der Waals surface area contributed by atoms with E-state index in [1.54, 1.807) is 23.5 Å².